The summed E-state index contributed by atoms with van der Waals surface area (Å²) in [5, 5.41) is 6.96. The zero-order chi connectivity index (χ0) is 15.2. The fraction of sp³-hybridized carbons (Fsp3) is 0.800. The van der Waals surface area contributed by atoms with Gasteiger partial charge in [-0.05, 0) is 51.9 Å². The molecule has 21 heavy (non-hydrogen) atoms. The number of carbonyl (C=O) groups is 1. The molecular formula is C15H23N3O3. The van der Waals surface area contributed by atoms with Gasteiger partial charge in [-0.25, -0.2) is 4.79 Å². The fourth-order valence-electron chi connectivity index (χ4n) is 2.45. The van der Waals surface area contributed by atoms with Crippen molar-refractivity contribution in [3.63, 3.8) is 0 Å². The van der Waals surface area contributed by atoms with Crippen molar-refractivity contribution in [2.45, 2.75) is 64.5 Å². The summed E-state index contributed by atoms with van der Waals surface area (Å²) in [6.45, 7) is 7.71. The molecule has 6 heteroatoms. The van der Waals surface area contributed by atoms with Crippen molar-refractivity contribution in [3.05, 3.63) is 11.7 Å². The standard InChI is InChI=1S/C15H23N3O3/c1-8-7-10(8)13-17-12(18-21-13)11(9-5-6-9)16-14(19)20-15(2,3)4/h8-11H,5-7H2,1-4H3,(H,16,19)/t8-,10-,11+/m1/s1. The number of hydrogen-bond acceptors (Lipinski definition) is 5. The van der Waals surface area contributed by atoms with Crippen molar-refractivity contribution in [1.29, 1.82) is 0 Å². The first-order chi connectivity index (χ1) is 9.83. The van der Waals surface area contributed by atoms with Gasteiger partial charge in [-0.2, -0.15) is 4.98 Å². The molecule has 116 valence electrons. The van der Waals surface area contributed by atoms with Crippen molar-refractivity contribution in [2.24, 2.45) is 11.8 Å². The smallest absolute Gasteiger partial charge is 0.408 e. The molecular weight excluding hydrogens is 270 g/mol. The molecule has 0 spiro atoms. The Balaban J connectivity index is 1.67. The first kappa shape index (κ1) is 14.4. The summed E-state index contributed by atoms with van der Waals surface area (Å²) >= 11 is 0. The third-order valence-corrected chi connectivity index (χ3v) is 3.93. The number of rotatable bonds is 4. The van der Waals surface area contributed by atoms with Gasteiger partial charge in [-0.15, -0.1) is 0 Å². The molecule has 0 saturated heterocycles. The predicted molar refractivity (Wildman–Crippen MR) is 75.7 cm³/mol. The van der Waals surface area contributed by atoms with Gasteiger partial charge in [0.05, 0.1) is 6.04 Å². The van der Waals surface area contributed by atoms with E-state index in [2.05, 4.69) is 22.4 Å². The minimum Gasteiger partial charge on any atom is -0.444 e. The van der Waals surface area contributed by atoms with E-state index in [4.69, 9.17) is 9.26 Å². The van der Waals surface area contributed by atoms with Crippen LogP contribution in [0, 0.1) is 11.8 Å². The molecule has 1 aromatic heterocycles. The molecule has 1 aromatic rings. The van der Waals surface area contributed by atoms with Crippen LogP contribution in [0.1, 0.15) is 70.6 Å². The molecule has 1 amide bonds. The maximum absolute atomic E-state index is 12.0. The topological polar surface area (TPSA) is 77.2 Å². The highest BCUT2D eigenvalue weighted by atomic mass is 16.6. The van der Waals surface area contributed by atoms with E-state index in [1.165, 1.54) is 0 Å². The third kappa shape index (κ3) is 3.54. The molecule has 0 aromatic carbocycles. The summed E-state index contributed by atoms with van der Waals surface area (Å²) in [4.78, 5) is 16.4. The van der Waals surface area contributed by atoms with Crippen LogP contribution in [0.2, 0.25) is 0 Å². The van der Waals surface area contributed by atoms with Gasteiger partial charge in [0.2, 0.25) is 5.89 Å². The van der Waals surface area contributed by atoms with Gasteiger partial charge in [0, 0.05) is 5.92 Å². The molecule has 3 rings (SSSR count). The lowest BCUT2D eigenvalue weighted by molar-refractivity contribution is 0.0494. The normalized spacial score (nSPS) is 26.3. The number of hydrogen-bond donors (Lipinski definition) is 1. The molecule has 0 aliphatic heterocycles. The molecule has 2 aliphatic rings. The Bertz CT molecular complexity index is 531. The van der Waals surface area contributed by atoms with E-state index in [1.54, 1.807) is 0 Å². The summed E-state index contributed by atoms with van der Waals surface area (Å²) in [6.07, 6.45) is 2.83. The molecule has 3 atom stereocenters. The molecule has 0 unspecified atom stereocenters. The molecule has 2 aliphatic carbocycles. The summed E-state index contributed by atoms with van der Waals surface area (Å²) < 4.78 is 10.7. The average molecular weight is 293 g/mol. The molecule has 6 nitrogen and oxygen atoms in total. The van der Waals surface area contributed by atoms with Crippen LogP contribution in [-0.4, -0.2) is 21.8 Å². The number of aromatic nitrogens is 2. The molecule has 2 saturated carbocycles. The summed E-state index contributed by atoms with van der Waals surface area (Å²) in [5.41, 5.74) is -0.510. The number of ether oxygens (including phenoxy) is 1. The number of alkyl carbamates (subject to hydrolysis) is 1. The Kier molecular flexibility index (Phi) is 3.42. The lowest BCUT2D eigenvalue weighted by Crippen LogP contribution is -2.36. The Morgan fingerprint density at radius 3 is 2.62 bits per heavy atom. The van der Waals surface area contributed by atoms with Crippen LogP contribution in [-0.2, 0) is 4.74 Å². The average Bonchev–Trinajstić information content (AvgIpc) is 3.25. The maximum atomic E-state index is 12.0. The lowest BCUT2D eigenvalue weighted by Gasteiger charge is -2.22. The van der Waals surface area contributed by atoms with Gasteiger partial charge in [-0.1, -0.05) is 12.1 Å². The molecule has 1 heterocycles. The zero-order valence-corrected chi connectivity index (χ0v) is 13.0. The van der Waals surface area contributed by atoms with E-state index in [-0.39, 0.29) is 6.04 Å². The van der Waals surface area contributed by atoms with Gasteiger partial charge in [0.15, 0.2) is 5.82 Å². The fourth-order valence-corrected chi connectivity index (χ4v) is 2.45. The Morgan fingerprint density at radius 1 is 1.43 bits per heavy atom. The Morgan fingerprint density at radius 2 is 2.10 bits per heavy atom. The SMILES string of the molecule is C[C@@H]1C[C@H]1c1nc([C@@H](NC(=O)OC(C)(C)C)C2CC2)no1. The minimum absolute atomic E-state index is 0.202. The van der Waals surface area contributed by atoms with Crippen LogP contribution in [0.15, 0.2) is 4.52 Å². The number of nitrogens with zero attached hydrogens (tertiary/aromatic N) is 2. The Labute approximate surface area is 124 Å². The highest BCUT2D eigenvalue weighted by Crippen LogP contribution is 2.47. The van der Waals surface area contributed by atoms with Crippen LogP contribution < -0.4 is 5.32 Å². The van der Waals surface area contributed by atoms with E-state index >= 15 is 0 Å². The van der Waals surface area contributed by atoms with Crippen LogP contribution >= 0.6 is 0 Å². The summed E-state index contributed by atoms with van der Waals surface area (Å²) in [5.74, 6) is 2.69. The monoisotopic (exact) mass is 293 g/mol. The van der Waals surface area contributed by atoms with E-state index in [1.807, 2.05) is 20.8 Å². The van der Waals surface area contributed by atoms with E-state index in [0.717, 1.165) is 19.3 Å². The van der Waals surface area contributed by atoms with Crippen LogP contribution in [0.25, 0.3) is 0 Å². The second-order valence-electron chi connectivity index (χ2n) is 7.27. The molecule has 0 bridgehead atoms. The van der Waals surface area contributed by atoms with Gasteiger partial charge < -0.3 is 14.6 Å². The highest BCUT2D eigenvalue weighted by molar-refractivity contribution is 5.68. The quantitative estimate of drug-likeness (QED) is 0.922. The van der Waals surface area contributed by atoms with Crippen molar-refractivity contribution >= 4 is 6.09 Å². The van der Waals surface area contributed by atoms with Crippen molar-refractivity contribution in [1.82, 2.24) is 15.5 Å². The predicted octanol–water partition coefficient (Wildman–Crippen LogP) is 3.17. The zero-order valence-electron chi connectivity index (χ0n) is 13.0. The largest absolute Gasteiger partial charge is 0.444 e. The summed E-state index contributed by atoms with van der Waals surface area (Å²) in [6, 6.07) is -0.202. The first-order valence-corrected chi connectivity index (χ1v) is 7.66. The number of carbonyl (C=O) groups excluding carboxylic acids is 1. The van der Waals surface area contributed by atoms with Crippen LogP contribution in [0.5, 0.6) is 0 Å². The first-order valence-electron chi connectivity index (χ1n) is 7.66. The van der Waals surface area contributed by atoms with Gasteiger partial charge in [0.25, 0.3) is 0 Å². The molecule has 1 N–H and O–H groups in total. The highest BCUT2D eigenvalue weighted by Gasteiger charge is 2.41. The van der Waals surface area contributed by atoms with Gasteiger partial charge >= 0.3 is 6.09 Å². The van der Waals surface area contributed by atoms with E-state index < -0.39 is 11.7 Å². The maximum Gasteiger partial charge on any atom is 0.408 e. The van der Waals surface area contributed by atoms with Crippen molar-refractivity contribution in [2.75, 3.05) is 0 Å². The Hall–Kier alpha value is -1.59. The molecule has 2 fully saturated rings. The van der Waals surface area contributed by atoms with Crippen LogP contribution in [0.4, 0.5) is 4.79 Å². The van der Waals surface area contributed by atoms with Crippen LogP contribution in [0.3, 0.4) is 0 Å². The second-order valence-corrected chi connectivity index (χ2v) is 7.27. The van der Waals surface area contributed by atoms with Crippen molar-refractivity contribution in [3.8, 4) is 0 Å². The number of amides is 1. The minimum atomic E-state index is -0.510. The lowest BCUT2D eigenvalue weighted by atomic mass is 10.1. The van der Waals surface area contributed by atoms with Gasteiger partial charge in [-0.3, -0.25) is 0 Å². The summed E-state index contributed by atoms with van der Waals surface area (Å²) in [7, 11) is 0. The number of nitrogens with one attached hydrogen (secondary N) is 1. The molecule has 0 radical (unpaired) electrons. The van der Waals surface area contributed by atoms with Crippen molar-refractivity contribution < 1.29 is 14.1 Å². The second kappa shape index (κ2) is 5.00. The third-order valence-electron chi connectivity index (χ3n) is 3.93. The van der Waals surface area contributed by atoms with E-state index in [0.29, 0.717) is 29.5 Å². The van der Waals surface area contributed by atoms with Gasteiger partial charge in [0.1, 0.15) is 5.60 Å². The van der Waals surface area contributed by atoms with E-state index in [9.17, 15) is 4.79 Å².